The Balaban J connectivity index is 2.07. The van der Waals surface area contributed by atoms with Gasteiger partial charge in [-0.3, -0.25) is 0 Å². The molecule has 0 spiro atoms. The van der Waals surface area contributed by atoms with Crippen molar-refractivity contribution >= 4 is 17.3 Å². The van der Waals surface area contributed by atoms with Gasteiger partial charge in [0.1, 0.15) is 0 Å². The highest BCUT2D eigenvalue weighted by Gasteiger charge is 2.35. The van der Waals surface area contributed by atoms with Gasteiger partial charge >= 0.3 is 0 Å². The first-order valence-electron chi connectivity index (χ1n) is 5.55. The van der Waals surface area contributed by atoms with E-state index in [1.165, 1.54) is 17.7 Å². The fourth-order valence-corrected chi connectivity index (χ4v) is 3.21. The first-order chi connectivity index (χ1) is 7.25. The molecule has 0 amide bonds. The highest BCUT2D eigenvalue weighted by atomic mass is 35.5. The quantitative estimate of drug-likeness (QED) is 0.729. The van der Waals surface area contributed by atoms with Crippen LogP contribution in [-0.2, 0) is 6.42 Å². The van der Waals surface area contributed by atoms with Crippen LogP contribution in [0.1, 0.15) is 18.4 Å². The molecule has 15 heavy (non-hydrogen) atoms. The molecule has 1 fully saturated rings. The summed E-state index contributed by atoms with van der Waals surface area (Å²) in [6.07, 6.45) is 3.48. The molecule has 2 N–H and O–H groups in total. The van der Waals surface area contributed by atoms with Crippen molar-refractivity contribution in [1.29, 1.82) is 0 Å². The number of halogens is 1. The standard InChI is InChI=1S/C12H15ClN2/c13-11-3-1-2-8-4-5-10-6-9(14)7-15(10)12(8)11/h1-3,9-10H,4-7,14H2. The summed E-state index contributed by atoms with van der Waals surface area (Å²) in [5.41, 5.74) is 8.64. The lowest BCUT2D eigenvalue weighted by Crippen LogP contribution is -2.34. The van der Waals surface area contributed by atoms with E-state index in [2.05, 4.69) is 11.0 Å². The monoisotopic (exact) mass is 222 g/mol. The minimum absolute atomic E-state index is 0.317. The predicted molar refractivity (Wildman–Crippen MR) is 63.5 cm³/mol. The topological polar surface area (TPSA) is 29.3 Å². The molecule has 1 aromatic carbocycles. The first kappa shape index (κ1) is 9.49. The Hall–Kier alpha value is -0.730. The van der Waals surface area contributed by atoms with Crippen LogP contribution in [0.5, 0.6) is 0 Å². The van der Waals surface area contributed by atoms with E-state index >= 15 is 0 Å². The molecule has 2 aliphatic heterocycles. The van der Waals surface area contributed by atoms with Gasteiger partial charge < -0.3 is 10.6 Å². The van der Waals surface area contributed by atoms with Crippen LogP contribution in [0, 0.1) is 0 Å². The van der Waals surface area contributed by atoms with Gasteiger partial charge in [0.05, 0.1) is 10.7 Å². The van der Waals surface area contributed by atoms with Gasteiger partial charge in [-0.1, -0.05) is 23.7 Å². The summed E-state index contributed by atoms with van der Waals surface area (Å²) in [6, 6.07) is 7.13. The summed E-state index contributed by atoms with van der Waals surface area (Å²) >= 11 is 6.27. The summed E-state index contributed by atoms with van der Waals surface area (Å²) in [7, 11) is 0. The number of hydrogen-bond acceptors (Lipinski definition) is 2. The number of rotatable bonds is 0. The van der Waals surface area contributed by atoms with Crippen molar-refractivity contribution in [1.82, 2.24) is 0 Å². The minimum atomic E-state index is 0.317. The van der Waals surface area contributed by atoms with E-state index in [1.807, 2.05) is 12.1 Å². The lowest BCUT2D eigenvalue weighted by Gasteiger charge is -2.34. The van der Waals surface area contributed by atoms with Crippen molar-refractivity contribution in [2.45, 2.75) is 31.3 Å². The molecular weight excluding hydrogens is 208 g/mol. The van der Waals surface area contributed by atoms with Gasteiger partial charge in [0, 0.05) is 18.6 Å². The third-order valence-corrected chi connectivity index (χ3v) is 3.86. The second kappa shape index (κ2) is 3.39. The highest BCUT2D eigenvalue weighted by molar-refractivity contribution is 6.33. The Kier molecular flexibility index (Phi) is 2.15. The van der Waals surface area contributed by atoms with Crippen LogP contribution in [0.4, 0.5) is 5.69 Å². The van der Waals surface area contributed by atoms with Gasteiger partial charge in [-0.15, -0.1) is 0 Å². The summed E-state index contributed by atoms with van der Waals surface area (Å²) in [6.45, 7) is 0.960. The van der Waals surface area contributed by atoms with E-state index in [0.717, 1.165) is 24.4 Å². The normalized spacial score (nSPS) is 28.8. The lowest BCUT2D eigenvalue weighted by molar-refractivity contribution is 0.575. The largest absolute Gasteiger partial charge is 0.365 e. The van der Waals surface area contributed by atoms with Crippen LogP contribution in [0.25, 0.3) is 0 Å². The summed E-state index contributed by atoms with van der Waals surface area (Å²) in [5, 5.41) is 0.881. The van der Waals surface area contributed by atoms with Gasteiger partial charge in [0.2, 0.25) is 0 Å². The second-order valence-electron chi connectivity index (χ2n) is 4.59. The number of nitrogens with zero attached hydrogens (tertiary/aromatic N) is 1. The van der Waals surface area contributed by atoms with Crippen molar-refractivity contribution < 1.29 is 0 Å². The van der Waals surface area contributed by atoms with Gasteiger partial charge in [-0.05, 0) is 30.9 Å². The average molecular weight is 223 g/mol. The minimum Gasteiger partial charge on any atom is -0.365 e. The molecule has 0 bridgehead atoms. The maximum atomic E-state index is 6.27. The molecule has 1 saturated heterocycles. The van der Waals surface area contributed by atoms with E-state index in [0.29, 0.717) is 12.1 Å². The molecule has 2 atom stereocenters. The van der Waals surface area contributed by atoms with Gasteiger partial charge in [0.25, 0.3) is 0 Å². The molecule has 2 nitrogen and oxygen atoms in total. The Morgan fingerprint density at radius 3 is 3.13 bits per heavy atom. The number of benzene rings is 1. The molecular formula is C12H15ClN2. The van der Waals surface area contributed by atoms with Crippen molar-refractivity contribution in [2.75, 3.05) is 11.4 Å². The lowest BCUT2D eigenvalue weighted by atomic mass is 9.96. The van der Waals surface area contributed by atoms with Crippen molar-refractivity contribution in [3.63, 3.8) is 0 Å². The van der Waals surface area contributed by atoms with E-state index in [1.54, 1.807) is 0 Å². The summed E-state index contributed by atoms with van der Waals surface area (Å²) < 4.78 is 0. The summed E-state index contributed by atoms with van der Waals surface area (Å²) in [5.74, 6) is 0. The first-order valence-corrected chi connectivity index (χ1v) is 5.93. The second-order valence-corrected chi connectivity index (χ2v) is 5.00. The van der Waals surface area contributed by atoms with Crippen LogP contribution in [0.15, 0.2) is 18.2 Å². The Labute approximate surface area is 95.0 Å². The molecule has 1 aromatic rings. The maximum Gasteiger partial charge on any atom is 0.0642 e. The van der Waals surface area contributed by atoms with Crippen molar-refractivity contribution in [2.24, 2.45) is 5.73 Å². The van der Waals surface area contributed by atoms with Gasteiger partial charge in [-0.2, -0.15) is 0 Å². The molecule has 0 saturated carbocycles. The zero-order valence-electron chi connectivity index (χ0n) is 8.62. The Morgan fingerprint density at radius 1 is 1.40 bits per heavy atom. The van der Waals surface area contributed by atoms with Crippen LogP contribution in [0.2, 0.25) is 5.02 Å². The summed E-state index contributed by atoms with van der Waals surface area (Å²) in [4.78, 5) is 2.41. The van der Waals surface area contributed by atoms with Crippen molar-refractivity contribution in [3.8, 4) is 0 Å². The average Bonchev–Trinajstić information content (AvgIpc) is 2.58. The molecule has 80 valence electrons. The van der Waals surface area contributed by atoms with E-state index in [4.69, 9.17) is 17.3 Å². The van der Waals surface area contributed by atoms with Gasteiger partial charge in [0.15, 0.2) is 0 Å². The van der Waals surface area contributed by atoms with E-state index in [9.17, 15) is 0 Å². The third-order valence-electron chi connectivity index (χ3n) is 3.55. The molecule has 2 heterocycles. The number of anilines is 1. The zero-order valence-corrected chi connectivity index (χ0v) is 9.37. The Morgan fingerprint density at radius 2 is 2.27 bits per heavy atom. The van der Waals surface area contributed by atoms with Crippen LogP contribution < -0.4 is 10.6 Å². The number of para-hydroxylation sites is 1. The molecule has 2 aliphatic rings. The molecule has 0 radical (unpaired) electrons. The van der Waals surface area contributed by atoms with Gasteiger partial charge in [-0.25, -0.2) is 0 Å². The number of fused-ring (bicyclic) bond motifs is 3. The maximum absolute atomic E-state index is 6.27. The molecule has 0 aliphatic carbocycles. The Bertz CT molecular complexity index is 391. The fraction of sp³-hybridized carbons (Fsp3) is 0.500. The molecule has 2 unspecified atom stereocenters. The zero-order chi connectivity index (χ0) is 10.4. The smallest absolute Gasteiger partial charge is 0.0642 e. The fourth-order valence-electron chi connectivity index (χ4n) is 2.91. The number of hydrogen-bond donors (Lipinski definition) is 1. The molecule has 0 aromatic heterocycles. The van der Waals surface area contributed by atoms with Crippen LogP contribution in [-0.4, -0.2) is 18.6 Å². The van der Waals surface area contributed by atoms with E-state index < -0.39 is 0 Å². The van der Waals surface area contributed by atoms with Crippen LogP contribution in [0.3, 0.4) is 0 Å². The number of nitrogens with two attached hydrogens (primary N) is 1. The SMILES string of the molecule is NC1CC2CCc3cccc(Cl)c3N2C1. The number of aryl methyl sites for hydroxylation is 1. The highest BCUT2D eigenvalue weighted by Crippen LogP contribution is 2.40. The van der Waals surface area contributed by atoms with Crippen LogP contribution >= 0.6 is 11.6 Å². The molecule has 3 heteroatoms. The third kappa shape index (κ3) is 1.44. The van der Waals surface area contributed by atoms with Crippen molar-refractivity contribution in [3.05, 3.63) is 28.8 Å². The predicted octanol–water partition coefficient (Wildman–Crippen LogP) is 2.19. The molecule has 3 rings (SSSR count). The van der Waals surface area contributed by atoms with E-state index in [-0.39, 0.29) is 0 Å².